The van der Waals surface area contributed by atoms with Crippen LogP contribution < -0.4 is 4.74 Å². The van der Waals surface area contributed by atoms with Crippen molar-refractivity contribution < 1.29 is 33.0 Å². The maximum Gasteiger partial charge on any atom is 0.410 e. The molecule has 0 aromatic heterocycles. The van der Waals surface area contributed by atoms with E-state index >= 15 is 0 Å². The van der Waals surface area contributed by atoms with E-state index in [0.717, 1.165) is 12.1 Å². The van der Waals surface area contributed by atoms with Gasteiger partial charge in [0.25, 0.3) is 0 Å². The van der Waals surface area contributed by atoms with Crippen LogP contribution in [-0.2, 0) is 4.74 Å². The molecule has 1 unspecified atom stereocenters. The SMILES string of the molecule is CN(CC(O)c1ccc(OC(=O)c2ccc(F)cc2F)cc1)C(=O)OC(C)(C)C. The molecule has 0 fully saturated rings. The molecule has 2 aromatic carbocycles. The van der Waals surface area contributed by atoms with Gasteiger partial charge in [0, 0.05) is 13.1 Å². The molecule has 0 saturated carbocycles. The molecule has 156 valence electrons. The Morgan fingerprint density at radius 3 is 2.28 bits per heavy atom. The first-order valence-electron chi connectivity index (χ1n) is 8.85. The molecule has 0 spiro atoms. The smallest absolute Gasteiger partial charge is 0.410 e. The number of amides is 1. The van der Waals surface area contributed by atoms with E-state index in [9.17, 15) is 23.5 Å². The molecule has 0 aliphatic carbocycles. The van der Waals surface area contributed by atoms with E-state index in [1.807, 2.05) is 0 Å². The predicted molar refractivity (Wildman–Crippen MR) is 102 cm³/mol. The molecule has 8 heteroatoms. The lowest BCUT2D eigenvalue weighted by Crippen LogP contribution is -2.36. The van der Waals surface area contributed by atoms with Crippen LogP contribution in [0.1, 0.15) is 42.8 Å². The van der Waals surface area contributed by atoms with Crippen molar-refractivity contribution in [3.63, 3.8) is 0 Å². The van der Waals surface area contributed by atoms with E-state index < -0.39 is 41.0 Å². The van der Waals surface area contributed by atoms with Gasteiger partial charge in [0.2, 0.25) is 0 Å². The number of ether oxygens (including phenoxy) is 2. The quantitative estimate of drug-likeness (QED) is 0.597. The third-order valence-corrected chi connectivity index (χ3v) is 3.78. The van der Waals surface area contributed by atoms with Crippen molar-refractivity contribution in [3.8, 4) is 5.75 Å². The molecule has 1 N–H and O–H groups in total. The van der Waals surface area contributed by atoms with Gasteiger partial charge in [-0.1, -0.05) is 12.1 Å². The Kier molecular flexibility index (Phi) is 6.92. The van der Waals surface area contributed by atoms with Crippen LogP contribution in [0.3, 0.4) is 0 Å². The third kappa shape index (κ3) is 6.53. The van der Waals surface area contributed by atoms with Crippen LogP contribution in [-0.4, -0.2) is 41.3 Å². The second-order valence-electron chi connectivity index (χ2n) is 7.46. The topological polar surface area (TPSA) is 76.1 Å². The Bertz CT molecular complexity index is 878. The first-order valence-corrected chi connectivity index (χ1v) is 8.85. The van der Waals surface area contributed by atoms with Crippen LogP contribution in [0.5, 0.6) is 5.75 Å². The minimum absolute atomic E-state index is 0.00512. The Labute approximate surface area is 167 Å². The summed E-state index contributed by atoms with van der Waals surface area (Å²) in [6.45, 7) is 5.22. The number of nitrogens with zero attached hydrogens (tertiary/aromatic N) is 1. The number of esters is 1. The molecule has 29 heavy (non-hydrogen) atoms. The normalized spacial score (nSPS) is 12.2. The lowest BCUT2D eigenvalue weighted by atomic mass is 10.1. The third-order valence-electron chi connectivity index (χ3n) is 3.78. The number of likely N-dealkylation sites (N-methyl/N-ethyl adjacent to an activating group) is 1. The molecule has 1 atom stereocenters. The first kappa shape index (κ1) is 22.3. The van der Waals surface area contributed by atoms with Gasteiger partial charge in [0.15, 0.2) is 0 Å². The monoisotopic (exact) mass is 407 g/mol. The summed E-state index contributed by atoms with van der Waals surface area (Å²) in [5.41, 5.74) is -0.561. The van der Waals surface area contributed by atoms with E-state index in [-0.39, 0.29) is 12.3 Å². The summed E-state index contributed by atoms with van der Waals surface area (Å²) < 4.78 is 36.9. The summed E-state index contributed by atoms with van der Waals surface area (Å²) >= 11 is 0. The number of aliphatic hydroxyl groups excluding tert-OH is 1. The van der Waals surface area contributed by atoms with Gasteiger partial charge in [-0.05, 0) is 50.6 Å². The highest BCUT2D eigenvalue weighted by Gasteiger charge is 2.22. The van der Waals surface area contributed by atoms with Crippen molar-refractivity contribution in [3.05, 3.63) is 65.2 Å². The lowest BCUT2D eigenvalue weighted by molar-refractivity contribution is 0.0205. The fourth-order valence-electron chi connectivity index (χ4n) is 2.35. The fraction of sp³-hybridized carbons (Fsp3) is 0.333. The van der Waals surface area contributed by atoms with Crippen molar-refractivity contribution in [2.45, 2.75) is 32.5 Å². The minimum Gasteiger partial charge on any atom is -0.444 e. The molecule has 0 aliphatic rings. The maximum absolute atomic E-state index is 13.6. The number of carbonyl (C=O) groups is 2. The van der Waals surface area contributed by atoms with E-state index in [1.54, 1.807) is 20.8 Å². The van der Waals surface area contributed by atoms with Gasteiger partial charge < -0.3 is 19.5 Å². The Morgan fingerprint density at radius 2 is 1.72 bits per heavy atom. The zero-order valence-corrected chi connectivity index (χ0v) is 16.6. The van der Waals surface area contributed by atoms with Crippen LogP contribution in [0.2, 0.25) is 0 Å². The van der Waals surface area contributed by atoms with Crippen molar-refractivity contribution in [2.24, 2.45) is 0 Å². The van der Waals surface area contributed by atoms with Crippen LogP contribution in [0.15, 0.2) is 42.5 Å². The van der Waals surface area contributed by atoms with E-state index in [0.29, 0.717) is 11.6 Å². The van der Waals surface area contributed by atoms with Gasteiger partial charge in [-0.15, -0.1) is 0 Å². The zero-order chi connectivity index (χ0) is 21.8. The number of halogens is 2. The number of rotatable bonds is 5. The Balaban J connectivity index is 1.98. The van der Waals surface area contributed by atoms with Crippen molar-refractivity contribution in [1.82, 2.24) is 4.90 Å². The van der Waals surface area contributed by atoms with Gasteiger partial charge >= 0.3 is 12.1 Å². The summed E-state index contributed by atoms with van der Waals surface area (Å²) in [5.74, 6) is -2.67. The Hall–Kier alpha value is -3.00. The molecule has 6 nitrogen and oxygen atoms in total. The molecule has 0 bridgehead atoms. The number of hydrogen-bond donors (Lipinski definition) is 1. The summed E-state index contributed by atoms with van der Waals surface area (Å²) in [7, 11) is 1.50. The molecular weight excluding hydrogens is 384 g/mol. The molecule has 2 rings (SSSR count). The zero-order valence-electron chi connectivity index (χ0n) is 16.6. The summed E-state index contributed by atoms with van der Waals surface area (Å²) in [4.78, 5) is 25.2. The average molecular weight is 407 g/mol. The second kappa shape index (κ2) is 9.00. The standard InChI is InChI=1S/C21H23F2NO5/c1-21(2,3)29-20(27)24(4)12-18(25)13-5-8-15(9-6-13)28-19(26)16-10-7-14(22)11-17(16)23/h5-11,18,25H,12H2,1-4H3. The van der Waals surface area contributed by atoms with Crippen molar-refractivity contribution in [1.29, 1.82) is 0 Å². The van der Waals surface area contributed by atoms with Crippen molar-refractivity contribution in [2.75, 3.05) is 13.6 Å². The maximum atomic E-state index is 13.6. The van der Waals surface area contributed by atoms with Crippen LogP contribution in [0.4, 0.5) is 13.6 Å². The number of benzene rings is 2. The fourth-order valence-corrected chi connectivity index (χ4v) is 2.35. The summed E-state index contributed by atoms with van der Waals surface area (Å²) in [6.07, 6.45) is -1.56. The molecule has 1 amide bonds. The van der Waals surface area contributed by atoms with E-state index in [4.69, 9.17) is 9.47 Å². The molecule has 0 aliphatic heterocycles. The van der Waals surface area contributed by atoms with Crippen LogP contribution in [0, 0.1) is 11.6 Å². The summed E-state index contributed by atoms with van der Waals surface area (Å²) in [5, 5.41) is 10.3. The van der Waals surface area contributed by atoms with Gasteiger partial charge in [0.1, 0.15) is 23.0 Å². The Morgan fingerprint density at radius 1 is 1.10 bits per heavy atom. The largest absolute Gasteiger partial charge is 0.444 e. The highest BCUT2D eigenvalue weighted by Crippen LogP contribution is 2.21. The van der Waals surface area contributed by atoms with Crippen LogP contribution >= 0.6 is 0 Å². The molecule has 0 heterocycles. The number of hydrogen-bond acceptors (Lipinski definition) is 5. The minimum atomic E-state index is -1.02. The second-order valence-corrected chi connectivity index (χ2v) is 7.46. The van der Waals surface area contributed by atoms with Gasteiger partial charge in [-0.25, -0.2) is 18.4 Å². The van der Waals surface area contributed by atoms with Crippen molar-refractivity contribution >= 4 is 12.1 Å². The van der Waals surface area contributed by atoms with Gasteiger partial charge in [0.05, 0.1) is 18.2 Å². The highest BCUT2D eigenvalue weighted by molar-refractivity contribution is 5.91. The predicted octanol–water partition coefficient (Wildman–Crippen LogP) is 4.08. The molecule has 0 saturated heterocycles. The molecule has 0 radical (unpaired) electrons. The first-order chi connectivity index (χ1) is 13.5. The lowest BCUT2D eigenvalue weighted by Gasteiger charge is -2.26. The van der Waals surface area contributed by atoms with Crippen LogP contribution in [0.25, 0.3) is 0 Å². The molecular formula is C21H23F2NO5. The van der Waals surface area contributed by atoms with E-state index in [1.165, 1.54) is 36.2 Å². The number of carbonyl (C=O) groups excluding carboxylic acids is 2. The highest BCUT2D eigenvalue weighted by atomic mass is 19.1. The molecule has 2 aromatic rings. The van der Waals surface area contributed by atoms with Gasteiger partial charge in [-0.2, -0.15) is 0 Å². The van der Waals surface area contributed by atoms with Gasteiger partial charge in [-0.3, -0.25) is 0 Å². The number of aliphatic hydroxyl groups is 1. The average Bonchev–Trinajstić information content (AvgIpc) is 2.60. The summed E-state index contributed by atoms with van der Waals surface area (Å²) in [6, 6.07) is 8.42. The van der Waals surface area contributed by atoms with E-state index in [2.05, 4.69) is 0 Å².